The summed E-state index contributed by atoms with van der Waals surface area (Å²) in [6, 6.07) is 0. The summed E-state index contributed by atoms with van der Waals surface area (Å²) in [5, 5.41) is 13.0. The third kappa shape index (κ3) is 1.18. The maximum atomic E-state index is 9.41. The van der Waals surface area contributed by atoms with Crippen LogP contribution in [0.5, 0.6) is 0 Å². The van der Waals surface area contributed by atoms with Crippen molar-refractivity contribution in [2.24, 2.45) is 22.4 Å². The molecule has 17 heavy (non-hydrogen) atoms. The van der Waals surface area contributed by atoms with Crippen molar-refractivity contribution in [3.8, 4) is 0 Å². The molecule has 3 aliphatic rings. The van der Waals surface area contributed by atoms with Gasteiger partial charge in [-0.2, -0.15) is 0 Å². The Balaban J connectivity index is 2.05. The molecule has 1 aromatic heterocycles. The molecule has 4 heteroatoms. The summed E-state index contributed by atoms with van der Waals surface area (Å²) in [5.41, 5.74) is 0.999. The van der Waals surface area contributed by atoms with Crippen LogP contribution in [0, 0.1) is 17.3 Å². The van der Waals surface area contributed by atoms with E-state index in [2.05, 4.69) is 35.5 Å². The van der Waals surface area contributed by atoms with Crippen molar-refractivity contribution in [2.45, 2.75) is 39.2 Å². The Kier molecular flexibility index (Phi) is 1.98. The first kappa shape index (κ1) is 10.8. The van der Waals surface area contributed by atoms with Gasteiger partial charge in [-0.15, -0.1) is 0 Å². The molecule has 0 amide bonds. The standard InChI is InChI=1S/C13H19N3O/c1-12(2)9-6-10(12)11(15-17)13(3,7-9)16-5-4-14-8-16/h4-5,8-10,17H,6-7H2,1-3H3/t9-,10-,13+/m0/s1. The first-order chi connectivity index (χ1) is 8.00. The number of nitrogens with zero attached hydrogens (tertiary/aromatic N) is 3. The Bertz CT molecular complexity index is 463. The lowest BCUT2D eigenvalue weighted by Gasteiger charge is -2.62. The zero-order valence-electron chi connectivity index (χ0n) is 10.6. The van der Waals surface area contributed by atoms with Gasteiger partial charge in [0, 0.05) is 18.3 Å². The molecule has 1 heterocycles. The molecule has 0 unspecified atom stereocenters. The second-order valence-electron chi connectivity index (χ2n) is 6.24. The van der Waals surface area contributed by atoms with Crippen LogP contribution in [0.1, 0.15) is 33.6 Å². The molecule has 4 nitrogen and oxygen atoms in total. The lowest BCUT2D eigenvalue weighted by atomic mass is 9.44. The van der Waals surface area contributed by atoms with Gasteiger partial charge in [0.05, 0.1) is 17.6 Å². The van der Waals surface area contributed by atoms with Gasteiger partial charge in [-0.3, -0.25) is 0 Å². The van der Waals surface area contributed by atoms with Gasteiger partial charge in [-0.05, 0) is 31.1 Å². The van der Waals surface area contributed by atoms with E-state index in [1.54, 1.807) is 6.20 Å². The Labute approximate surface area is 101 Å². The van der Waals surface area contributed by atoms with Gasteiger partial charge < -0.3 is 9.77 Å². The van der Waals surface area contributed by atoms with Gasteiger partial charge in [-0.1, -0.05) is 19.0 Å². The molecule has 92 valence electrons. The number of imidazole rings is 1. The normalized spacial score (nSPS) is 41.2. The molecule has 3 fully saturated rings. The minimum atomic E-state index is -0.200. The van der Waals surface area contributed by atoms with E-state index in [4.69, 9.17) is 0 Å². The van der Waals surface area contributed by atoms with Crippen molar-refractivity contribution in [1.82, 2.24) is 9.55 Å². The van der Waals surface area contributed by atoms with Crippen LogP contribution in [0.15, 0.2) is 23.9 Å². The van der Waals surface area contributed by atoms with Crippen LogP contribution in [-0.2, 0) is 5.54 Å². The molecule has 2 bridgehead atoms. The van der Waals surface area contributed by atoms with Crippen LogP contribution in [0.4, 0.5) is 0 Å². The molecule has 0 saturated heterocycles. The predicted octanol–water partition coefficient (Wildman–Crippen LogP) is 2.49. The fourth-order valence-corrected chi connectivity index (χ4v) is 3.75. The van der Waals surface area contributed by atoms with E-state index in [0.29, 0.717) is 11.8 Å². The first-order valence-electron chi connectivity index (χ1n) is 6.21. The van der Waals surface area contributed by atoms with Gasteiger partial charge in [0.25, 0.3) is 0 Å². The van der Waals surface area contributed by atoms with E-state index in [0.717, 1.165) is 18.6 Å². The Morgan fingerprint density at radius 3 is 2.76 bits per heavy atom. The molecule has 3 aliphatic carbocycles. The average Bonchev–Trinajstić information content (AvgIpc) is 2.82. The smallest absolute Gasteiger partial charge is 0.0954 e. The Morgan fingerprint density at radius 1 is 1.47 bits per heavy atom. The van der Waals surface area contributed by atoms with E-state index in [1.165, 1.54) is 0 Å². The molecule has 4 rings (SSSR count). The maximum Gasteiger partial charge on any atom is 0.0954 e. The van der Waals surface area contributed by atoms with Crippen LogP contribution in [-0.4, -0.2) is 20.5 Å². The maximum absolute atomic E-state index is 9.41. The highest BCUT2D eigenvalue weighted by Crippen LogP contribution is 2.61. The minimum Gasteiger partial charge on any atom is -0.411 e. The summed E-state index contributed by atoms with van der Waals surface area (Å²) < 4.78 is 2.08. The van der Waals surface area contributed by atoms with Crippen LogP contribution >= 0.6 is 0 Å². The molecular formula is C13H19N3O. The number of rotatable bonds is 1. The third-order valence-electron chi connectivity index (χ3n) is 5.18. The zero-order valence-corrected chi connectivity index (χ0v) is 10.6. The van der Waals surface area contributed by atoms with Gasteiger partial charge in [0.2, 0.25) is 0 Å². The minimum absolute atomic E-state index is 0.200. The van der Waals surface area contributed by atoms with Gasteiger partial charge >= 0.3 is 0 Å². The Morgan fingerprint density at radius 2 is 2.24 bits per heavy atom. The lowest BCUT2D eigenvalue weighted by Crippen LogP contribution is -2.63. The first-order valence-corrected chi connectivity index (χ1v) is 6.21. The van der Waals surface area contributed by atoms with Gasteiger partial charge in [0.15, 0.2) is 0 Å². The molecule has 0 aliphatic heterocycles. The van der Waals surface area contributed by atoms with Crippen molar-refractivity contribution in [3.05, 3.63) is 18.7 Å². The van der Waals surface area contributed by atoms with Crippen LogP contribution < -0.4 is 0 Å². The zero-order chi connectivity index (χ0) is 12.3. The van der Waals surface area contributed by atoms with E-state index in [9.17, 15) is 5.21 Å². The summed E-state index contributed by atoms with van der Waals surface area (Å²) in [5.74, 6) is 1.11. The average molecular weight is 233 g/mol. The largest absolute Gasteiger partial charge is 0.411 e. The van der Waals surface area contributed by atoms with Crippen molar-refractivity contribution in [3.63, 3.8) is 0 Å². The molecule has 0 aromatic carbocycles. The van der Waals surface area contributed by atoms with Crippen LogP contribution in [0.25, 0.3) is 0 Å². The van der Waals surface area contributed by atoms with Crippen molar-refractivity contribution in [2.75, 3.05) is 0 Å². The second kappa shape index (κ2) is 3.12. The molecule has 0 spiro atoms. The summed E-state index contributed by atoms with van der Waals surface area (Å²) >= 11 is 0. The number of hydrogen-bond donors (Lipinski definition) is 1. The monoisotopic (exact) mass is 233 g/mol. The lowest BCUT2D eigenvalue weighted by molar-refractivity contribution is -0.0332. The summed E-state index contributed by atoms with van der Waals surface area (Å²) in [6.07, 6.45) is 7.76. The number of fused-ring (bicyclic) bond motifs is 2. The topological polar surface area (TPSA) is 50.4 Å². The molecule has 1 N–H and O–H groups in total. The van der Waals surface area contributed by atoms with E-state index in [-0.39, 0.29) is 11.0 Å². The van der Waals surface area contributed by atoms with E-state index in [1.807, 2.05) is 12.5 Å². The predicted molar refractivity (Wildman–Crippen MR) is 65.1 cm³/mol. The number of aromatic nitrogens is 2. The highest BCUT2D eigenvalue weighted by molar-refractivity contribution is 5.96. The van der Waals surface area contributed by atoms with E-state index < -0.39 is 0 Å². The van der Waals surface area contributed by atoms with Gasteiger partial charge in [-0.25, -0.2) is 4.98 Å². The highest BCUT2D eigenvalue weighted by atomic mass is 16.4. The van der Waals surface area contributed by atoms with E-state index >= 15 is 0 Å². The quantitative estimate of drug-likeness (QED) is 0.598. The number of hydrogen-bond acceptors (Lipinski definition) is 3. The third-order valence-corrected chi connectivity index (χ3v) is 5.18. The van der Waals surface area contributed by atoms with Crippen molar-refractivity contribution < 1.29 is 5.21 Å². The second-order valence-corrected chi connectivity index (χ2v) is 6.24. The molecule has 3 saturated carbocycles. The van der Waals surface area contributed by atoms with Crippen molar-refractivity contribution in [1.29, 1.82) is 0 Å². The summed E-state index contributed by atoms with van der Waals surface area (Å²) in [7, 11) is 0. The number of oxime groups is 1. The fourth-order valence-electron chi connectivity index (χ4n) is 3.75. The summed E-state index contributed by atoms with van der Waals surface area (Å²) in [6.45, 7) is 6.72. The van der Waals surface area contributed by atoms with Gasteiger partial charge in [0.1, 0.15) is 0 Å². The SMILES string of the molecule is CC1(C)[C@H]2C[C@H]1C(=NO)[C@](C)(n1ccnc1)C2. The highest BCUT2D eigenvalue weighted by Gasteiger charge is 2.61. The molecule has 3 atom stereocenters. The van der Waals surface area contributed by atoms with Crippen molar-refractivity contribution >= 4 is 5.71 Å². The molecular weight excluding hydrogens is 214 g/mol. The Hall–Kier alpha value is -1.32. The van der Waals surface area contributed by atoms with Crippen LogP contribution in [0.3, 0.4) is 0 Å². The molecule has 1 aromatic rings. The van der Waals surface area contributed by atoms with Crippen LogP contribution in [0.2, 0.25) is 0 Å². The fraction of sp³-hybridized carbons (Fsp3) is 0.692. The molecule has 0 radical (unpaired) electrons. The summed E-state index contributed by atoms with van der Waals surface area (Å²) in [4.78, 5) is 4.11.